The van der Waals surface area contributed by atoms with Crippen LogP contribution in [0.2, 0.25) is 0 Å². The predicted octanol–water partition coefficient (Wildman–Crippen LogP) is 0.0879. The van der Waals surface area contributed by atoms with E-state index in [1.165, 1.54) is 12.8 Å². The summed E-state index contributed by atoms with van der Waals surface area (Å²) in [5, 5.41) is 22.3. The molecule has 0 bridgehead atoms. The number of hydrogen-bond donors (Lipinski definition) is 4. The lowest BCUT2D eigenvalue weighted by atomic mass is 10.1. The summed E-state index contributed by atoms with van der Waals surface area (Å²) < 4.78 is 0. The lowest BCUT2D eigenvalue weighted by molar-refractivity contribution is -0.140. The van der Waals surface area contributed by atoms with Crippen molar-refractivity contribution in [2.45, 2.75) is 44.7 Å². The molecule has 2 amide bonds. The molecule has 0 aromatic rings. The van der Waals surface area contributed by atoms with E-state index < -0.39 is 24.0 Å². The summed E-state index contributed by atoms with van der Waals surface area (Å²) in [6, 6.07) is -1.16. The Balaban J connectivity index is 2.25. The van der Waals surface area contributed by atoms with Gasteiger partial charge in [0.1, 0.15) is 6.04 Å². The molecule has 0 aliphatic heterocycles. The minimum absolute atomic E-state index is 0.138. The Kier molecular flexibility index (Phi) is 6.93. The molecule has 1 atom stereocenters. The molecule has 1 aliphatic rings. The molecule has 120 valence electrons. The number of urea groups is 1. The molecule has 21 heavy (non-hydrogen) atoms. The highest BCUT2D eigenvalue weighted by Gasteiger charge is 2.27. The standard InChI is InChI=1S/C13H23N3O5/c1-2-16(9-3-4-9)8-7-14-13(21)15-10(12(19)20)5-6-11(17)18/h9-10H,2-8H2,1H3,(H,17,18)(H,19,20)(H2,14,15,21). The molecule has 1 rings (SSSR count). The third-order valence-electron chi connectivity index (χ3n) is 3.40. The number of aliphatic carboxylic acids is 2. The van der Waals surface area contributed by atoms with E-state index in [-0.39, 0.29) is 12.8 Å². The molecule has 0 aromatic carbocycles. The van der Waals surface area contributed by atoms with Gasteiger partial charge in [0.2, 0.25) is 0 Å². The van der Waals surface area contributed by atoms with Crippen molar-refractivity contribution in [1.82, 2.24) is 15.5 Å². The van der Waals surface area contributed by atoms with Crippen LogP contribution in [0, 0.1) is 0 Å². The van der Waals surface area contributed by atoms with Crippen molar-refractivity contribution in [3.8, 4) is 0 Å². The third-order valence-corrected chi connectivity index (χ3v) is 3.40. The predicted molar refractivity (Wildman–Crippen MR) is 75.1 cm³/mol. The second kappa shape index (κ2) is 8.46. The van der Waals surface area contributed by atoms with E-state index in [4.69, 9.17) is 10.2 Å². The molecule has 4 N–H and O–H groups in total. The number of rotatable bonds is 10. The Hall–Kier alpha value is -1.83. The van der Waals surface area contributed by atoms with Gasteiger partial charge in [-0.05, 0) is 25.8 Å². The van der Waals surface area contributed by atoms with Gasteiger partial charge in [-0.15, -0.1) is 0 Å². The minimum atomic E-state index is -1.24. The van der Waals surface area contributed by atoms with Crippen LogP contribution in [0.3, 0.4) is 0 Å². The summed E-state index contributed by atoms with van der Waals surface area (Å²) in [5.41, 5.74) is 0. The van der Waals surface area contributed by atoms with E-state index in [2.05, 4.69) is 22.5 Å². The summed E-state index contributed by atoms with van der Waals surface area (Å²) in [7, 11) is 0. The number of amides is 2. The fraction of sp³-hybridized carbons (Fsp3) is 0.769. The van der Waals surface area contributed by atoms with E-state index in [1.54, 1.807) is 0 Å². The largest absolute Gasteiger partial charge is 0.481 e. The fourth-order valence-corrected chi connectivity index (χ4v) is 2.09. The first-order valence-corrected chi connectivity index (χ1v) is 7.17. The molecule has 0 spiro atoms. The highest BCUT2D eigenvalue weighted by atomic mass is 16.4. The van der Waals surface area contributed by atoms with Crippen molar-refractivity contribution in [3.63, 3.8) is 0 Å². The van der Waals surface area contributed by atoms with Crippen LogP contribution in [-0.2, 0) is 9.59 Å². The van der Waals surface area contributed by atoms with Gasteiger partial charge in [-0.1, -0.05) is 6.92 Å². The van der Waals surface area contributed by atoms with Crippen molar-refractivity contribution >= 4 is 18.0 Å². The Bertz CT molecular complexity index is 384. The number of likely N-dealkylation sites (N-methyl/N-ethyl adjacent to an activating group) is 1. The molecule has 1 aliphatic carbocycles. The van der Waals surface area contributed by atoms with Gasteiger partial charge in [0, 0.05) is 25.6 Å². The maximum atomic E-state index is 11.6. The number of nitrogens with one attached hydrogen (secondary N) is 2. The van der Waals surface area contributed by atoms with E-state index in [0.717, 1.165) is 13.1 Å². The number of carbonyl (C=O) groups excluding carboxylic acids is 1. The van der Waals surface area contributed by atoms with Gasteiger partial charge in [-0.3, -0.25) is 9.69 Å². The quantitative estimate of drug-likeness (QED) is 0.454. The van der Waals surface area contributed by atoms with Crippen LogP contribution in [0.4, 0.5) is 4.79 Å². The van der Waals surface area contributed by atoms with Crippen LogP contribution in [0.25, 0.3) is 0 Å². The van der Waals surface area contributed by atoms with E-state index in [0.29, 0.717) is 12.6 Å². The van der Waals surface area contributed by atoms with E-state index >= 15 is 0 Å². The van der Waals surface area contributed by atoms with Crippen molar-refractivity contribution in [1.29, 1.82) is 0 Å². The van der Waals surface area contributed by atoms with Gasteiger partial charge in [-0.2, -0.15) is 0 Å². The van der Waals surface area contributed by atoms with E-state index in [9.17, 15) is 14.4 Å². The zero-order valence-corrected chi connectivity index (χ0v) is 12.2. The summed E-state index contributed by atoms with van der Waals surface area (Å²) >= 11 is 0. The number of carboxylic acid groups (broad SMARTS) is 2. The second-order valence-corrected chi connectivity index (χ2v) is 5.08. The van der Waals surface area contributed by atoms with Gasteiger partial charge in [0.05, 0.1) is 0 Å². The molecule has 1 fully saturated rings. The molecule has 1 unspecified atom stereocenters. The molecule has 1 saturated carbocycles. The highest BCUT2D eigenvalue weighted by molar-refractivity contribution is 5.82. The van der Waals surface area contributed by atoms with Crippen LogP contribution in [0.5, 0.6) is 0 Å². The average Bonchev–Trinajstić information content (AvgIpc) is 3.23. The molecule has 0 radical (unpaired) electrons. The van der Waals surface area contributed by atoms with Gasteiger partial charge in [0.25, 0.3) is 0 Å². The van der Waals surface area contributed by atoms with E-state index in [1.807, 2.05) is 0 Å². The Morgan fingerprint density at radius 3 is 2.43 bits per heavy atom. The van der Waals surface area contributed by atoms with Gasteiger partial charge >= 0.3 is 18.0 Å². The molecular formula is C13H23N3O5. The first kappa shape index (κ1) is 17.2. The highest BCUT2D eigenvalue weighted by Crippen LogP contribution is 2.25. The van der Waals surface area contributed by atoms with Crippen molar-refractivity contribution in [2.75, 3.05) is 19.6 Å². The normalized spacial score (nSPS) is 15.5. The fourth-order valence-electron chi connectivity index (χ4n) is 2.09. The summed E-state index contributed by atoms with van der Waals surface area (Å²) in [5.74, 6) is -2.33. The maximum Gasteiger partial charge on any atom is 0.326 e. The summed E-state index contributed by atoms with van der Waals surface area (Å²) in [6.45, 7) is 4.14. The lowest BCUT2D eigenvalue weighted by Gasteiger charge is -2.20. The van der Waals surface area contributed by atoms with Gasteiger partial charge in [-0.25, -0.2) is 9.59 Å². The number of nitrogens with zero attached hydrogens (tertiary/aromatic N) is 1. The van der Waals surface area contributed by atoms with Crippen LogP contribution in [0.15, 0.2) is 0 Å². The molecule has 8 heteroatoms. The van der Waals surface area contributed by atoms with Gasteiger partial charge < -0.3 is 20.8 Å². The molecule has 0 aromatic heterocycles. The number of carbonyl (C=O) groups is 3. The van der Waals surface area contributed by atoms with Gasteiger partial charge in [0.15, 0.2) is 0 Å². The van der Waals surface area contributed by atoms with Crippen molar-refractivity contribution < 1.29 is 24.6 Å². The number of carboxylic acids is 2. The second-order valence-electron chi connectivity index (χ2n) is 5.08. The third kappa shape index (κ3) is 6.94. The van der Waals surface area contributed by atoms with Crippen molar-refractivity contribution in [3.05, 3.63) is 0 Å². The monoisotopic (exact) mass is 301 g/mol. The Labute approximate surface area is 123 Å². The molecule has 8 nitrogen and oxygen atoms in total. The molecule has 0 heterocycles. The van der Waals surface area contributed by atoms with Crippen LogP contribution >= 0.6 is 0 Å². The zero-order chi connectivity index (χ0) is 15.8. The summed E-state index contributed by atoms with van der Waals surface area (Å²) in [4.78, 5) is 35.2. The molecular weight excluding hydrogens is 278 g/mol. The molecule has 0 saturated heterocycles. The van der Waals surface area contributed by atoms with Crippen LogP contribution < -0.4 is 10.6 Å². The minimum Gasteiger partial charge on any atom is -0.481 e. The Morgan fingerprint density at radius 2 is 1.95 bits per heavy atom. The van der Waals surface area contributed by atoms with Crippen LogP contribution in [-0.4, -0.2) is 64.8 Å². The first-order chi connectivity index (χ1) is 9.93. The smallest absolute Gasteiger partial charge is 0.326 e. The summed E-state index contributed by atoms with van der Waals surface area (Å²) in [6.07, 6.45) is 1.94. The topological polar surface area (TPSA) is 119 Å². The first-order valence-electron chi connectivity index (χ1n) is 7.17. The Morgan fingerprint density at radius 1 is 1.29 bits per heavy atom. The number of hydrogen-bond acceptors (Lipinski definition) is 4. The van der Waals surface area contributed by atoms with Crippen LogP contribution in [0.1, 0.15) is 32.6 Å². The zero-order valence-electron chi connectivity index (χ0n) is 12.2. The SMILES string of the molecule is CCN(CCNC(=O)NC(CCC(=O)O)C(=O)O)C1CC1. The maximum absolute atomic E-state index is 11.6. The van der Waals surface area contributed by atoms with Crippen molar-refractivity contribution in [2.24, 2.45) is 0 Å². The lowest BCUT2D eigenvalue weighted by Crippen LogP contribution is -2.47. The average molecular weight is 301 g/mol.